The summed E-state index contributed by atoms with van der Waals surface area (Å²) in [7, 11) is 0. The highest BCUT2D eigenvalue weighted by atomic mass is 35.5. The maximum absolute atomic E-state index is 11.1. The number of fused-ring (bicyclic) bond motifs is 1. The van der Waals surface area contributed by atoms with Gasteiger partial charge >= 0.3 is 0 Å². The number of allylic oxidation sites excluding steroid dienone is 1. The van der Waals surface area contributed by atoms with Gasteiger partial charge in [-0.15, -0.1) is 0 Å². The van der Waals surface area contributed by atoms with Gasteiger partial charge in [-0.05, 0) is 29.1 Å². The Morgan fingerprint density at radius 2 is 2.15 bits per heavy atom. The van der Waals surface area contributed by atoms with Gasteiger partial charge in [-0.1, -0.05) is 36.4 Å². The van der Waals surface area contributed by atoms with Crippen molar-refractivity contribution in [2.45, 2.75) is 12.3 Å². The molecule has 0 saturated heterocycles. The van der Waals surface area contributed by atoms with E-state index in [0.29, 0.717) is 0 Å². The summed E-state index contributed by atoms with van der Waals surface area (Å²) in [5, 5.41) is -0.267. The normalized spacial score (nSPS) is 19.6. The molecule has 2 rings (SSSR count). The summed E-state index contributed by atoms with van der Waals surface area (Å²) in [6, 6.07) is 7.86. The summed E-state index contributed by atoms with van der Waals surface area (Å²) in [5.41, 5.74) is 2.15. The zero-order valence-electron chi connectivity index (χ0n) is 7.03. The zero-order valence-corrected chi connectivity index (χ0v) is 7.79. The Balaban J connectivity index is 2.49. The summed E-state index contributed by atoms with van der Waals surface area (Å²) in [5.74, 6) is -0.150. The van der Waals surface area contributed by atoms with Crippen molar-refractivity contribution in [1.29, 1.82) is 0 Å². The quantitative estimate of drug-likeness (QED) is 0.626. The second-order valence-corrected chi connectivity index (χ2v) is 3.50. The number of hydrogen-bond donors (Lipinski definition) is 0. The molecule has 1 aliphatic carbocycles. The lowest BCUT2D eigenvalue weighted by molar-refractivity contribution is -0.112. The van der Waals surface area contributed by atoms with Crippen LogP contribution in [0.25, 0.3) is 6.08 Å². The average Bonchev–Trinajstić information content (AvgIpc) is 2.17. The molecule has 2 heteroatoms. The van der Waals surface area contributed by atoms with E-state index in [-0.39, 0.29) is 11.2 Å². The highest BCUT2D eigenvalue weighted by Crippen LogP contribution is 2.30. The third kappa shape index (κ3) is 1.52. The molecular formula is C11H9ClO. The molecule has 1 aliphatic rings. The molecule has 0 N–H and O–H groups in total. The maximum Gasteiger partial charge on any atom is 0.229 e. The molecule has 0 aromatic heterocycles. The Labute approximate surface area is 82.0 Å². The maximum atomic E-state index is 11.1. The molecule has 1 aromatic carbocycles. The van der Waals surface area contributed by atoms with E-state index in [9.17, 15) is 4.79 Å². The number of rotatable bonds is 1. The van der Waals surface area contributed by atoms with Crippen molar-refractivity contribution in [2.24, 2.45) is 0 Å². The molecule has 0 heterocycles. The van der Waals surface area contributed by atoms with Crippen LogP contribution in [0.1, 0.15) is 23.5 Å². The molecule has 0 fully saturated rings. The average molecular weight is 193 g/mol. The Morgan fingerprint density at radius 1 is 1.38 bits per heavy atom. The smallest absolute Gasteiger partial charge is 0.229 e. The SMILES string of the molecule is O=C(Cl)C1CC=Cc2ccccc21. The van der Waals surface area contributed by atoms with Crippen LogP contribution in [0.15, 0.2) is 30.3 Å². The molecule has 1 atom stereocenters. The summed E-state index contributed by atoms with van der Waals surface area (Å²) in [6.07, 6.45) is 4.75. The highest BCUT2D eigenvalue weighted by Gasteiger charge is 2.21. The van der Waals surface area contributed by atoms with Gasteiger partial charge in [0.1, 0.15) is 0 Å². The van der Waals surface area contributed by atoms with Crippen LogP contribution < -0.4 is 0 Å². The molecule has 0 amide bonds. The summed E-state index contributed by atoms with van der Waals surface area (Å²) in [6.45, 7) is 0. The highest BCUT2D eigenvalue weighted by molar-refractivity contribution is 6.64. The van der Waals surface area contributed by atoms with Crippen LogP contribution in [0.2, 0.25) is 0 Å². The van der Waals surface area contributed by atoms with E-state index >= 15 is 0 Å². The van der Waals surface area contributed by atoms with Crippen LogP contribution in [-0.2, 0) is 4.79 Å². The van der Waals surface area contributed by atoms with Gasteiger partial charge in [0.05, 0.1) is 5.92 Å². The molecule has 0 aliphatic heterocycles. The lowest BCUT2D eigenvalue weighted by Crippen LogP contribution is -2.09. The van der Waals surface area contributed by atoms with E-state index in [4.69, 9.17) is 11.6 Å². The van der Waals surface area contributed by atoms with Crippen molar-refractivity contribution in [1.82, 2.24) is 0 Å². The van der Waals surface area contributed by atoms with Crippen molar-refractivity contribution < 1.29 is 4.79 Å². The summed E-state index contributed by atoms with van der Waals surface area (Å²) in [4.78, 5) is 11.1. The molecule has 0 radical (unpaired) electrons. The first-order valence-corrected chi connectivity index (χ1v) is 4.61. The van der Waals surface area contributed by atoms with Crippen molar-refractivity contribution in [3.63, 3.8) is 0 Å². The Morgan fingerprint density at radius 3 is 2.92 bits per heavy atom. The van der Waals surface area contributed by atoms with E-state index in [1.54, 1.807) is 0 Å². The number of carbonyl (C=O) groups excluding carboxylic acids is 1. The molecule has 1 unspecified atom stereocenters. The molecule has 0 saturated carbocycles. The van der Waals surface area contributed by atoms with Crippen LogP contribution in [0, 0.1) is 0 Å². The van der Waals surface area contributed by atoms with Gasteiger partial charge in [-0.2, -0.15) is 0 Å². The molecule has 1 nitrogen and oxygen atoms in total. The first-order valence-electron chi connectivity index (χ1n) is 4.24. The van der Waals surface area contributed by atoms with Crippen molar-refractivity contribution in [3.8, 4) is 0 Å². The van der Waals surface area contributed by atoms with Crippen molar-refractivity contribution in [3.05, 3.63) is 41.5 Å². The van der Waals surface area contributed by atoms with E-state index in [2.05, 4.69) is 0 Å². The minimum atomic E-state index is -0.267. The predicted molar refractivity (Wildman–Crippen MR) is 53.7 cm³/mol. The van der Waals surface area contributed by atoms with Gasteiger partial charge in [0.25, 0.3) is 0 Å². The molecule has 0 bridgehead atoms. The van der Waals surface area contributed by atoms with Gasteiger partial charge in [-0.3, -0.25) is 4.79 Å². The molecule has 1 aromatic rings. The number of carbonyl (C=O) groups is 1. The van der Waals surface area contributed by atoms with Gasteiger partial charge in [-0.25, -0.2) is 0 Å². The van der Waals surface area contributed by atoms with Crippen LogP contribution in [0.3, 0.4) is 0 Å². The largest absolute Gasteiger partial charge is 0.281 e. The summed E-state index contributed by atoms with van der Waals surface area (Å²) < 4.78 is 0. The van der Waals surface area contributed by atoms with Gasteiger partial charge in [0, 0.05) is 0 Å². The second-order valence-electron chi connectivity index (χ2n) is 3.12. The monoisotopic (exact) mass is 192 g/mol. The number of hydrogen-bond acceptors (Lipinski definition) is 1. The molecule has 13 heavy (non-hydrogen) atoms. The van der Waals surface area contributed by atoms with Gasteiger partial charge in [0.2, 0.25) is 5.24 Å². The number of halogens is 1. The Hall–Kier alpha value is -1.08. The Kier molecular flexibility index (Phi) is 2.19. The van der Waals surface area contributed by atoms with E-state index in [1.807, 2.05) is 36.4 Å². The van der Waals surface area contributed by atoms with E-state index in [0.717, 1.165) is 17.5 Å². The standard InChI is InChI=1S/C11H9ClO/c12-11(13)10-7-3-5-8-4-1-2-6-9(8)10/h1-6,10H,7H2. The van der Waals surface area contributed by atoms with E-state index in [1.165, 1.54) is 0 Å². The first kappa shape index (κ1) is 8.52. The molecule has 66 valence electrons. The lowest BCUT2D eigenvalue weighted by Gasteiger charge is -2.17. The fraction of sp³-hybridized carbons (Fsp3) is 0.182. The van der Waals surface area contributed by atoms with Gasteiger partial charge < -0.3 is 0 Å². The second kappa shape index (κ2) is 3.35. The van der Waals surface area contributed by atoms with Crippen LogP contribution >= 0.6 is 11.6 Å². The van der Waals surface area contributed by atoms with Gasteiger partial charge in [0.15, 0.2) is 0 Å². The third-order valence-electron chi connectivity index (χ3n) is 2.31. The molecule has 0 spiro atoms. The minimum Gasteiger partial charge on any atom is -0.281 e. The Bertz CT molecular complexity index is 368. The topological polar surface area (TPSA) is 17.1 Å². The van der Waals surface area contributed by atoms with Crippen LogP contribution in [-0.4, -0.2) is 5.24 Å². The van der Waals surface area contributed by atoms with Crippen molar-refractivity contribution >= 4 is 22.9 Å². The fourth-order valence-corrected chi connectivity index (χ4v) is 1.86. The van der Waals surface area contributed by atoms with Crippen LogP contribution in [0.4, 0.5) is 0 Å². The van der Waals surface area contributed by atoms with Crippen molar-refractivity contribution in [2.75, 3.05) is 0 Å². The lowest BCUT2D eigenvalue weighted by atomic mass is 9.88. The minimum absolute atomic E-state index is 0.150. The van der Waals surface area contributed by atoms with Crippen LogP contribution in [0.5, 0.6) is 0 Å². The fourth-order valence-electron chi connectivity index (χ4n) is 1.65. The third-order valence-corrected chi connectivity index (χ3v) is 2.58. The predicted octanol–water partition coefficient (Wildman–Crippen LogP) is 2.95. The summed E-state index contributed by atoms with van der Waals surface area (Å²) >= 11 is 5.51. The molecular weight excluding hydrogens is 184 g/mol. The first-order chi connectivity index (χ1) is 6.29. The number of benzene rings is 1. The zero-order chi connectivity index (χ0) is 9.26. The van der Waals surface area contributed by atoms with E-state index < -0.39 is 0 Å².